The van der Waals surface area contributed by atoms with E-state index in [0.717, 1.165) is 32.7 Å². The Morgan fingerprint density at radius 2 is 1.48 bits per heavy atom. The van der Waals surface area contributed by atoms with Crippen LogP contribution in [0.3, 0.4) is 0 Å². The molecular weight excluding hydrogens is 308 g/mol. The Labute approximate surface area is 146 Å². The second-order valence-corrected chi connectivity index (χ2v) is 6.17. The zero-order chi connectivity index (χ0) is 17.4. The van der Waals surface area contributed by atoms with Gasteiger partial charge in [0, 0.05) is 12.0 Å². The van der Waals surface area contributed by atoms with Gasteiger partial charge in [-0.05, 0) is 33.2 Å². The van der Waals surface area contributed by atoms with Crippen molar-refractivity contribution in [3.8, 4) is 16.9 Å². The Morgan fingerprint density at radius 3 is 2.24 bits per heavy atom. The van der Waals surface area contributed by atoms with Crippen LogP contribution in [0.2, 0.25) is 0 Å². The minimum absolute atomic E-state index is 0.0512. The Bertz CT molecular complexity index is 1100. The second-order valence-electron chi connectivity index (χ2n) is 6.17. The lowest BCUT2D eigenvalue weighted by molar-refractivity contribution is 0.0986. The number of Topliss-reactive ketones (excluding diaryl/α,β-unsaturated/α-hetero) is 1. The molecule has 4 aromatic rings. The summed E-state index contributed by atoms with van der Waals surface area (Å²) in [5.41, 5.74) is 2.06. The van der Waals surface area contributed by atoms with Crippen molar-refractivity contribution in [1.82, 2.24) is 0 Å². The molecule has 0 saturated carbocycles. The molecule has 0 saturated heterocycles. The molecule has 2 nitrogen and oxygen atoms in total. The molecule has 0 aliphatic heterocycles. The number of ketones is 1. The van der Waals surface area contributed by atoms with Gasteiger partial charge >= 0.3 is 0 Å². The van der Waals surface area contributed by atoms with Gasteiger partial charge in [-0.1, -0.05) is 73.7 Å². The van der Waals surface area contributed by atoms with Crippen molar-refractivity contribution >= 4 is 27.3 Å². The van der Waals surface area contributed by atoms with Gasteiger partial charge in [-0.2, -0.15) is 0 Å². The lowest BCUT2D eigenvalue weighted by atomic mass is 9.90. The van der Waals surface area contributed by atoms with Crippen LogP contribution in [0.25, 0.3) is 32.7 Å². The Hall–Kier alpha value is -3.13. The highest BCUT2D eigenvalue weighted by Gasteiger charge is 2.19. The summed E-state index contributed by atoms with van der Waals surface area (Å²) in [5.74, 6) is 0.0200. The number of phenols is 1. The normalized spacial score (nSPS) is 11.1. The van der Waals surface area contributed by atoms with E-state index < -0.39 is 0 Å². The summed E-state index contributed by atoms with van der Waals surface area (Å²) in [4.78, 5) is 12.4. The van der Waals surface area contributed by atoms with Gasteiger partial charge in [0.25, 0.3) is 0 Å². The van der Waals surface area contributed by atoms with Crippen LogP contribution in [0.4, 0.5) is 0 Å². The average molecular weight is 326 g/mol. The molecule has 0 spiro atoms. The molecule has 0 unspecified atom stereocenters. The number of carbonyl (C=O) groups excluding carboxylic acids is 1. The van der Waals surface area contributed by atoms with Crippen molar-refractivity contribution in [2.75, 3.05) is 0 Å². The summed E-state index contributed by atoms with van der Waals surface area (Å²) in [5, 5.41) is 15.1. The van der Waals surface area contributed by atoms with E-state index in [1.807, 2.05) is 61.5 Å². The fourth-order valence-electron chi connectivity index (χ4n) is 3.46. The molecule has 0 aromatic heterocycles. The minimum Gasteiger partial charge on any atom is -0.507 e. The third-order valence-electron chi connectivity index (χ3n) is 4.70. The van der Waals surface area contributed by atoms with Gasteiger partial charge < -0.3 is 5.11 Å². The Kier molecular flexibility index (Phi) is 3.73. The van der Waals surface area contributed by atoms with Crippen molar-refractivity contribution in [3.63, 3.8) is 0 Å². The van der Waals surface area contributed by atoms with E-state index >= 15 is 0 Å². The standard InChI is InChI=1S/C23H18O2/c1-2-21(24)20-14-16-9-4-6-12-18(16)22(23(20)25)19-13-7-10-15-8-3-5-11-17(15)19/h3-14,25H,2H2,1H3. The molecule has 2 heteroatoms. The van der Waals surface area contributed by atoms with E-state index in [0.29, 0.717) is 12.0 Å². The number of fused-ring (bicyclic) bond motifs is 2. The number of hydrogen-bond donors (Lipinski definition) is 1. The van der Waals surface area contributed by atoms with E-state index in [9.17, 15) is 9.90 Å². The fraction of sp³-hybridized carbons (Fsp3) is 0.0870. The van der Waals surface area contributed by atoms with Gasteiger partial charge in [0.1, 0.15) is 5.75 Å². The van der Waals surface area contributed by atoms with Gasteiger partial charge in [0.15, 0.2) is 5.78 Å². The van der Waals surface area contributed by atoms with E-state index in [4.69, 9.17) is 0 Å². The van der Waals surface area contributed by atoms with Crippen LogP contribution in [0.1, 0.15) is 23.7 Å². The van der Waals surface area contributed by atoms with E-state index in [2.05, 4.69) is 12.1 Å². The Balaban J connectivity index is 2.16. The summed E-state index contributed by atoms with van der Waals surface area (Å²) in [7, 11) is 0. The van der Waals surface area contributed by atoms with Crippen LogP contribution in [0.15, 0.2) is 72.8 Å². The van der Waals surface area contributed by atoms with Crippen molar-refractivity contribution in [2.24, 2.45) is 0 Å². The zero-order valence-electron chi connectivity index (χ0n) is 14.0. The van der Waals surface area contributed by atoms with Crippen LogP contribution in [0, 0.1) is 0 Å². The molecule has 0 heterocycles. The van der Waals surface area contributed by atoms with Gasteiger partial charge in [-0.15, -0.1) is 0 Å². The smallest absolute Gasteiger partial charge is 0.166 e. The van der Waals surface area contributed by atoms with Crippen molar-refractivity contribution in [2.45, 2.75) is 13.3 Å². The largest absolute Gasteiger partial charge is 0.507 e. The molecule has 4 aromatic carbocycles. The Morgan fingerprint density at radius 1 is 0.840 bits per heavy atom. The van der Waals surface area contributed by atoms with Gasteiger partial charge in [-0.25, -0.2) is 0 Å². The molecule has 122 valence electrons. The first kappa shape index (κ1) is 15.4. The van der Waals surface area contributed by atoms with Crippen LogP contribution in [0.5, 0.6) is 5.75 Å². The molecular formula is C23H18O2. The van der Waals surface area contributed by atoms with Gasteiger partial charge in [0.2, 0.25) is 0 Å². The molecule has 0 amide bonds. The molecule has 4 rings (SSSR count). The summed E-state index contributed by atoms with van der Waals surface area (Å²) >= 11 is 0. The summed E-state index contributed by atoms with van der Waals surface area (Å²) in [6, 6.07) is 23.8. The number of carbonyl (C=O) groups is 1. The number of rotatable bonds is 3. The highest BCUT2D eigenvalue weighted by Crippen LogP contribution is 2.42. The highest BCUT2D eigenvalue weighted by atomic mass is 16.3. The maximum absolute atomic E-state index is 12.4. The topological polar surface area (TPSA) is 37.3 Å². The predicted octanol–water partition coefficient (Wildman–Crippen LogP) is 5.96. The van der Waals surface area contributed by atoms with Crippen LogP contribution in [-0.4, -0.2) is 10.9 Å². The minimum atomic E-state index is -0.0512. The van der Waals surface area contributed by atoms with Crippen molar-refractivity contribution in [1.29, 1.82) is 0 Å². The fourth-order valence-corrected chi connectivity index (χ4v) is 3.46. The van der Waals surface area contributed by atoms with Crippen LogP contribution in [-0.2, 0) is 0 Å². The number of benzene rings is 4. The van der Waals surface area contributed by atoms with E-state index in [-0.39, 0.29) is 11.5 Å². The third kappa shape index (κ3) is 2.47. The first-order chi connectivity index (χ1) is 12.2. The molecule has 0 bridgehead atoms. The summed E-state index contributed by atoms with van der Waals surface area (Å²) in [6.45, 7) is 1.81. The number of hydrogen-bond acceptors (Lipinski definition) is 2. The van der Waals surface area contributed by atoms with Crippen molar-refractivity contribution in [3.05, 3.63) is 78.4 Å². The predicted molar refractivity (Wildman–Crippen MR) is 103 cm³/mol. The summed E-state index contributed by atoms with van der Waals surface area (Å²) < 4.78 is 0. The number of phenolic OH excluding ortho intramolecular Hbond substituents is 1. The molecule has 1 N–H and O–H groups in total. The van der Waals surface area contributed by atoms with E-state index in [1.165, 1.54) is 0 Å². The second kappa shape index (κ2) is 6.06. The molecule has 0 radical (unpaired) electrons. The zero-order valence-corrected chi connectivity index (χ0v) is 14.0. The lowest BCUT2D eigenvalue weighted by Crippen LogP contribution is -1.99. The quantitative estimate of drug-likeness (QED) is 0.472. The maximum Gasteiger partial charge on any atom is 0.166 e. The lowest BCUT2D eigenvalue weighted by Gasteiger charge is -2.15. The molecule has 0 aliphatic rings. The van der Waals surface area contributed by atoms with Crippen LogP contribution < -0.4 is 0 Å². The van der Waals surface area contributed by atoms with Gasteiger partial charge in [0.05, 0.1) is 5.56 Å². The monoisotopic (exact) mass is 326 g/mol. The first-order valence-corrected chi connectivity index (χ1v) is 8.46. The van der Waals surface area contributed by atoms with Crippen molar-refractivity contribution < 1.29 is 9.90 Å². The molecule has 25 heavy (non-hydrogen) atoms. The maximum atomic E-state index is 12.4. The summed E-state index contributed by atoms with van der Waals surface area (Å²) in [6.07, 6.45) is 0.362. The third-order valence-corrected chi connectivity index (χ3v) is 4.70. The molecule has 0 fully saturated rings. The SMILES string of the molecule is CCC(=O)c1cc2ccccc2c(-c2cccc3ccccc23)c1O. The first-order valence-electron chi connectivity index (χ1n) is 8.46. The van der Waals surface area contributed by atoms with E-state index in [1.54, 1.807) is 6.07 Å². The van der Waals surface area contributed by atoms with Gasteiger partial charge in [-0.3, -0.25) is 4.79 Å². The highest BCUT2D eigenvalue weighted by molar-refractivity contribution is 6.12. The van der Waals surface area contributed by atoms with Crippen LogP contribution >= 0.6 is 0 Å². The number of aromatic hydroxyl groups is 1. The molecule has 0 aliphatic carbocycles. The molecule has 0 atom stereocenters. The average Bonchev–Trinajstić information content (AvgIpc) is 2.66.